The van der Waals surface area contributed by atoms with Crippen molar-refractivity contribution in [2.75, 3.05) is 5.32 Å². The van der Waals surface area contributed by atoms with Gasteiger partial charge in [0.15, 0.2) is 0 Å². The highest BCUT2D eigenvalue weighted by molar-refractivity contribution is 5.92. The molecule has 1 amide bonds. The number of aromatic nitrogens is 2. The van der Waals surface area contributed by atoms with Crippen LogP contribution in [0.3, 0.4) is 0 Å². The minimum atomic E-state index is -1.15. The molecule has 9 heteroatoms. The van der Waals surface area contributed by atoms with Crippen molar-refractivity contribution in [3.05, 3.63) is 95.2 Å². The molecule has 1 atom stereocenters. The third kappa shape index (κ3) is 5.52. The first-order valence-electron chi connectivity index (χ1n) is 12.3. The number of ether oxygens (including phenoxy) is 1. The van der Waals surface area contributed by atoms with Gasteiger partial charge in [-0.05, 0) is 56.5 Å². The summed E-state index contributed by atoms with van der Waals surface area (Å²) >= 11 is 0. The van der Waals surface area contributed by atoms with Gasteiger partial charge in [-0.1, -0.05) is 54.6 Å². The van der Waals surface area contributed by atoms with Gasteiger partial charge in [-0.3, -0.25) is 14.8 Å². The fourth-order valence-corrected chi connectivity index (χ4v) is 4.41. The minimum absolute atomic E-state index is 0.328. The van der Waals surface area contributed by atoms with E-state index >= 15 is 0 Å². The molecule has 0 bridgehead atoms. The van der Waals surface area contributed by atoms with Gasteiger partial charge < -0.3 is 9.84 Å². The van der Waals surface area contributed by atoms with Crippen molar-refractivity contribution in [1.82, 2.24) is 9.78 Å². The van der Waals surface area contributed by atoms with Crippen LogP contribution in [0.2, 0.25) is 0 Å². The standard InChI is InChI=1S/C30H29F2N3O4/c1-17-26(33-29(38)39-18(2)25-23(31)7-6-8-24(25)32)27(35(5)34-17)21-11-9-19(10-12-21)20-13-15-22(16-14-20)30(3,4)28(36)37/h6-16,18H,1-5H3,(H,33,38)(H,36,37). The van der Waals surface area contributed by atoms with Crippen LogP contribution in [-0.4, -0.2) is 26.9 Å². The van der Waals surface area contributed by atoms with Crippen molar-refractivity contribution in [3.8, 4) is 22.4 Å². The molecule has 39 heavy (non-hydrogen) atoms. The maximum atomic E-state index is 14.1. The Balaban J connectivity index is 1.55. The van der Waals surface area contributed by atoms with Gasteiger partial charge in [-0.25, -0.2) is 13.6 Å². The lowest BCUT2D eigenvalue weighted by atomic mass is 9.84. The number of aryl methyl sites for hydroxylation is 2. The number of carboxylic acid groups (broad SMARTS) is 1. The van der Waals surface area contributed by atoms with Crippen molar-refractivity contribution in [1.29, 1.82) is 0 Å². The van der Waals surface area contributed by atoms with E-state index in [-0.39, 0.29) is 5.56 Å². The molecule has 0 fully saturated rings. The van der Waals surface area contributed by atoms with Crippen LogP contribution in [0.25, 0.3) is 22.4 Å². The zero-order valence-electron chi connectivity index (χ0n) is 22.3. The van der Waals surface area contributed by atoms with Crippen LogP contribution < -0.4 is 5.32 Å². The van der Waals surface area contributed by atoms with Gasteiger partial charge >= 0.3 is 12.1 Å². The van der Waals surface area contributed by atoms with Crippen molar-refractivity contribution >= 4 is 17.7 Å². The van der Waals surface area contributed by atoms with E-state index in [4.69, 9.17) is 4.74 Å². The summed E-state index contributed by atoms with van der Waals surface area (Å²) in [5.74, 6) is -2.49. The Labute approximate surface area is 225 Å². The number of nitrogens with one attached hydrogen (secondary N) is 1. The van der Waals surface area contributed by atoms with Crippen LogP contribution in [0.15, 0.2) is 66.7 Å². The SMILES string of the molecule is Cc1nn(C)c(-c2ccc(-c3ccc(C(C)(C)C(=O)O)cc3)cc2)c1NC(=O)OC(C)c1c(F)cccc1F. The number of hydrogen-bond donors (Lipinski definition) is 2. The van der Waals surface area contributed by atoms with E-state index in [0.717, 1.165) is 28.8 Å². The highest BCUT2D eigenvalue weighted by atomic mass is 19.1. The number of rotatable bonds is 7. The molecule has 4 rings (SSSR count). The number of benzene rings is 3. The minimum Gasteiger partial charge on any atom is -0.481 e. The van der Waals surface area contributed by atoms with E-state index in [1.165, 1.54) is 13.0 Å². The number of aliphatic carboxylic acids is 1. The molecular formula is C30H29F2N3O4. The van der Waals surface area contributed by atoms with E-state index in [1.54, 1.807) is 32.5 Å². The molecular weight excluding hydrogens is 504 g/mol. The molecule has 0 saturated heterocycles. The summed E-state index contributed by atoms with van der Waals surface area (Å²) in [6.45, 7) is 6.45. The van der Waals surface area contributed by atoms with Crippen molar-refractivity contribution in [2.45, 2.75) is 39.2 Å². The zero-order valence-corrected chi connectivity index (χ0v) is 22.3. The first-order chi connectivity index (χ1) is 18.4. The molecule has 4 aromatic rings. The van der Waals surface area contributed by atoms with Gasteiger partial charge in [0.25, 0.3) is 0 Å². The lowest BCUT2D eigenvalue weighted by Gasteiger charge is -2.20. The van der Waals surface area contributed by atoms with Gasteiger partial charge in [0, 0.05) is 12.6 Å². The quantitative estimate of drug-likeness (QED) is 0.266. The number of carbonyl (C=O) groups is 2. The van der Waals surface area contributed by atoms with Crippen LogP contribution in [-0.2, 0) is 22.0 Å². The van der Waals surface area contributed by atoms with Gasteiger partial charge in [-0.15, -0.1) is 0 Å². The number of carboxylic acids is 1. The number of hydrogen-bond acceptors (Lipinski definition) is 4. The van der Waals surface area contributed by atoms with Crippen LogP contribution in [0.1, 0.15) is 43.7 Å². The molecule has 0 aliphatic heterocycles. The second-order valence-corrected chi connectivity index (χ2v) is 9.83. The third-order valence-electron chi connectivity index (χ3n) is 6.77. The third-order valence-corrected chi connectivity index (χ3v) is 6.77. The van der Waals surface area contributed by atoms with E-state index in [9.17, 15) is 23.5 Å². The van der Waals surface area contributed by atoms with Gasteiger partial charge in [-0.2, -0.15) is 5.10 Å². The molecule has 7 nitrogen and oxygen atoms in total. The summed E-state index contributed by atoms with van der Waals surface area (Å²) in [6, 6.07) is 18.4. The molecule has 3 aromatic carbocycles. The van der Waals surface area contributed by atoms with Crippen molar-refractivity contribution in [3.63, 3.8) is 0 Å². The summed E-state index contributed by atoms with van der Waals surface area (Å²) in [7, 11) is 1.74. The van der Waals surface area contributed by atoms with E-state index in [0.29, 0.717) is 22.6 Å². The zero-order chi connectivity index (χ0) is 28.5. The molecule has 0 aliphatic carbocycles. The number of nitrogens with zero attached hydrogens (tertiary/aromatic N) is 2. The summed E-state index contributed by atoms with van der Waals surface area (Å²) < 4.78 is 35.1. The molecule has 1 unspecified atom stereocenters. The number of carbonyl (C=O) groups excluding carboxylic acids is 1. The Morgan fingerprint density at radius 3 is 2.00 bits per heavy atom. The maximum absolute atomic E-state index is 14.1. The molecule has 0 saturated carbocycles. The van der Waals surface area contributed by atoms with Crippen LogP contribution in [0.5, 0.6) is 0 Å². The molecule has 0 aliphatic rings. The second-order valence-electron chi connectivity index (χ2n) is 9.83. The monoisotopic (exact) mass is 533 g/mol. The highest BCUT2D eigenvalue weighted by Gasteiger charge is 2.29. The Morgan fingerprint density at radius 1 is 0.949 bits per heavy atom. The Kier molecular flexibility index (Phi) is 7.53. The van der Waals surface area contributed by atoms with Crippen molar-refractivity contribution < 1.29 is 28.2 Å². The van der Waals surface area contributed by atoms with E-state index in [2.05, 4.69) is 10.4 Å². The second kappa shape index (κ2) is 10.7. The average molecular weight is 534 g/mol. The highest BCUT2D eigenvalue weighted by Crippen LogP contribution is 2.33. The van der Waals surface area contributed by atoms with E-state index < -0.39 is 35.2 Å². The van der Waals surface area contributed by atoms with Gasteiger partial charge in [0.1, 0.15) is 17.7 Å². The van der Waals surface area contributed by atoms with Crippen LogP contribution in [0, 0.1) is 18.6 Å². The first-order valence-corrected chi connectivity index (χ1v) is 12.3. The normalized spacial score (nSPS) is 12.2. The maximum Gasteiger partial charge on any atom is 0.412 e. The Bertz CT molecular complexity index is 1510. The summed E-state index contributed by atoms with van der Waals surface area (Å²) in [6.07, 6.45) is -2.03. The molecule has 202 valence electrons. The fourth-order valence-electron chi connectivity index (χ4n) is 4.41. The van der Waals surface area contributed by atoms with E-state index in [1.807, 2.05) is 48.5 Å². The predicted octanol–water partition coefficient (Wildman–Crippen LogP) is 7.01. The Morgan fingerprint density at radius 2 is 1.46 bits per heavy atom. The summed E-state index contributed by atoms with van der Waals surface area (Å²) in [5, 5.41) is 16.6. The van der Waals surface area contributed by atoms with Gasteiger partial charge in [0.2, 0.25) is 0 Å². The first kappa shape index (κ1) is 27.5. The fraction of sp³-hybridized carbons (Fsp3) is 0.233. The Hall–Kier alpha value is -4.53. The van der Waals surface area contributed by atoms with Crippen LogP contribution >= 0.6 is 0 Å². The van der Waals surface area contributed by atoms with Crippen molar-refractivity contribution in [2.24, 2.45) is 7.05 Å². The smallest absolute Gasteiger partial charge is 0.412 e. The molecule has 0 radical (unpaired) electrons. The lowest BCUT2D eigenvalue weighted by Crippen LogP contribution is -2.28. The molecule has 2 N–H and O–H groups in total. The molecule has 1 aromatic heterocycles. The summed E-state index contributed by atoms with van der Waals surface area (Å²) in [4.78, 5) is 24.2. The molecule has 1 heterocycles. The van der Waals surface area contributed by atoms with Gasteiger partial charge in [0.05, 0.1) is 28.1 Å². The summed E-state index contributed by atoms with van der Waals surface area (Å²) in [5.41, 5.74) is 3.57. The lowest BCUT2D eigenvalue weighted by molar-refractivity contribution is -0.142. The topological polar surface area (TPSA) is 93.5 Å². The van der Waals surface area contributed by atoms with Crippen LogP contribution in [0.4, 0.5) is 19.3 Å². The number of halogens is 2. The number of amides is 1. The largest absolute Gasteiger partial charge is 0.481 e. The predicted molar refractivity (Wildman–Crippen MR) is 144 cm³/mol. The number of anilines is 1. The average Bonchev–Trinajstić information content (AvgIpc) is 3.16. The molecule has 0 spiro atoms.